The van der Waals surface area contributed by atoms with Crippen molar-refractivity contribution < 1.29 is 26.4 Å². The van der Waals surface area contributed by atoms with Gasteiger partial charge in [0.15, 0.2) is 0 Å². The Morgan fingerprint density at radius 2 is 1.77 bits per heavy atom. The SMILES string of the molecule is O=C(N[C@@H]1CCc2cc(Cl)ccc21)c1ccc(S(=O)(=O)C(F)(F)F)cc1. The van der Waals surface area contributed by atoms with Crippen molar-refractivity contribution in [3.8, 4) is 0 Å². The molecule has 0 aromatic heterocycles. The molecule has 3 rings (SSSR count). The molecule has 0 saturated carbocycles. The number of aryl methyl sites for hydroxylation is 1. The molecule has 1 atom stereocenters. The monoisotopic (exact) mass is 403 g/mol. The number of carbonyl (C=O) groups excluding carboxylic acids is 1. The number of benzene rings is 2. The van der Waals surface area contributed by atoms with Crippen LogP contribution >= 0.6 is 11.6 Å². The summed E-state index contributed by atoms with van der Waals surface area (Å²) < 4.78 is 60.3. The maximum atomic E-state index is 12.5. The molecule has 2 aromatic rings. The molecule has 1 aliphatic carbocycles. The zero-order valence-corrected chi connectivity index (χ0v) is 14.8. The highest BCUT2D eigenvalue weighted by Gasteiger charge is 2.46. The lowest BCUT2D eigenvalue weighted by Gasteiger charge is -2.14. The van der Waals surface area contributed by atoms with Crippen LogP contribution < -0.4 is 5.32 Å². The highest BCUT2D eigenvalue weighted by molar-refractivity contribution is 7.92. The average Bonchev–Trinajstić information content (AvgIpc) is 2.95. The molecule has 1 aliphatic rings. The van der Waals surface area contributed by atoms with Crippen molar-refractivity contribution in [3.05, 3.63) is 64.2 Å². The van der Waals surface area contributed by atoms with Gasteiger partial charge in [-0.2, -0.15) is 13.2 Å². The minimum absolute atomic E-state index is 0.0774. The first-order valence-electron chi connectivity index (χ1n) is 7.60. The highest BCUT2D eigenvalue weighted by Crippen LogP contribution is 2.33. The van der Waals surface area contributed by atoms with Gasteiger partial charge in [0.25, 0.3) is 15.7 Å². The average molecular weight is 404 g/mol. The van der Waals surface area contributed by atoms with Crippen molar-refractivity contribution in [1.82, 2.24) is 5.32 Å². The van der Waals surface area contributed by atoms with Gasteiger partial charge in [0, 0.05) is 10.6 Å². The summed E-state index contributed by atoms with van der Waals surface area (Å²) in [5.41, 5.74) is -3.33. The van der Waals surface area contributed by atoms with Crippen LogP contribution in [0.3, 0.4) is 0 Å². The van der Waals surface area contributed by atoms with E-state index in [1.807, 2.05) is 12.1 Å². The Labute approximate surface area is 152 Å². The number of nitrogens with one attached hydrogen (secondary N) is 1. The van der Waals surface area contributed by atoms with Crippen molar-refractivity contribution in [1.29, 1.82) is 0 Å². The molecule has 1 amide bonds. The van der Waals surface area contributed by atoms with Gasteiger partial charge in [-0.25, -0.2) is 8.42 Å². The zero-order chi connectivity index (χ0) is 19.1. The third-order valence-corrected chi connectivity index (χ3v) is 5.96. The molecular weight excluding hydrogens is 391 g/mol. The molecule has 0 bridgehead atoms. The molecule has 0 fully saturated rings. The number of rotatable bonds is 3. The lowest BCUT2D eigenvalue weighted by Crippen LogP contribution is -2.27. The summed E-state index contributed by atoms with van der Waals surface area (Å²) in [5.74, 6) is -0.492. The largest absolute Gasteiger partial charge is 0.501 e. The summed E-state index contributed by atoms with van der Waals surface area (Å²) >= 11 is 5.94. The van der Waals surface area contributed by atoms with Crippen molar-refractivity contribution >= 4 is 27.3 Å². The van der Waals surface area contributed by atoms with E-state index in [2.05, 4.69) is 5.32 Å². The first kappa shape index (κ1) is 18.7. The number of alkyl halides is 3. The third-order valence-electron chi connectivity index (χ3n) is 4.22. The van der Waals surface area contributed by atoms with Gasteiger partial charge in [-0.05, 0) is 60.4 Å². The normalized spacial score (nSPS) is 17.0. The fourth-order valence-corrected chi connectivity index (χ4v) is 3.85. The molecular formula is C17H13ClF3NO3S. The van der Waals surface area contributed by atoms with Crippen LogP contribution in [0.1, 0.15) is 33.9 Å². The van der Waals surface area contributed by atoms with Crippen LogP contribution in [0.2, 0.25) is 5.02 Å². The van der Waals surface area contributed by atoms with Crippen LogP contribution in [0.4, 0.5) is 13.2 Å². The second kappa shape index (κ2) is 6.59. The Morgan fingerprint density at radius 3 is 2.38 bits per heavy atom. The molecule has 0 spiro atoms. The van der Waals surface area contributed by atoms with Gasteiger partial charge in [-0.15, -0.1) is 0 Å². The van der Waals surface area contributed by atoms with Crippen LogP contribution in [0.25, 0.3) is 0 Å². The molecule has 4 nitrogen and oxygen atoms in total. The lowest BCUT2D eigenvalue weighted by molar-refractivity contribution is -0.0436. The Balaban J connectivity index is 1.76. The molecule has 0 saturated heterocycles. The summed E-state index contributed by atoms with van der Waals surface area (Å²) in [6.45, 7) is 0. The first-order valence-corrected chi connectivity index (χ1v) is 9.46. The predicted molar refractivity (Wildman–Crippen MR) is 89.7 cm³/mol. The minimum atomic E-state index is -5.43. The van der Waals surface area contributed by atoms with Gasteiger partial charge in [-0.1, -0.05) is 17.7 Å². The predicted octanol–water partition coefficient (Wildman–Crippen LogP) is 4.05. The Bertz CT molecular complexity index is 956. The van der Waals surface area contributed by atoms with E-state index < -0.39 is 26.1 Å². The number of sulfone groups is 1. The van der Waals surface area contributed by atoms with Crippen molar-refractivity contribution in [2.45, 2.75) is 29.3 Å². The quantitative estimate of drug-likeness (QED) is 0.840. The van der Waals surface area contributed by atoms with Crippen LogP contribution in [0.5, 0.6) is 0 Å². The van der Waals surface area contributed by atoms with E-state index >= 15 is 0 Å². The smallest absolute Gasteiger partial charge is 0.345 e. The summed E-state index contributed by atoms with van der Waals surface area (Å²) in [6.07, 6.45) is 1.44. The van der Waals surface area contributed by atoms with Crippen LogP contribution in [0.15, 0.2) is 47.4 Å². The van der Waals surface area contributed by atoms with E-state index in [0.29, 0.717) is 11.4 Å². The van der Waals surface area contributed by atoms with E-state index in [1.165, 1.54) is 0 Å². The Hall–Kier alpha value is -2.06. The van der Waals surface area contributed by atoms with Crippen LogP contribution in [0, 0.1) is 0 Å². The molecule has 1 N–H and O–H groups in total. The summed E-state index contributed by atoms with van der Waals surface area (Å²) in [7, 11) is -5.43. The van der Waals surface area contributed by atoms with Crippen molar-refractivity contribution in [2.75, 3.05) is 0 Å². The van der Waals surface area contributed by atoms with Crippen LogP contribution in [-0.2, 0) is 16.3 Å². The number of fused-ring (bicyclic) bond motifs is 1. The number of hydrogen-bond acceptors (Lipinski definition) is 3. The third kappa shape index (κ3) is 3.43. The Kier molecular flexibility index (Phi) is 4.74. The molecule has 0 heterocycles. The van der Waals surface area contributed by atoms with E-state index in [-0.39, 0.29) is 11.6 Å². The maximum absolute atomic E-state index is 12.5. The second-order valence-corrected chi connectivity index (χ2v) is 8.26. The van der Waals surface area contributed by atoms with Gasteiger partial charge in [0.05, 0.1) is 10.9 Å². The summed E-state index contributed by atoms with van der Waals surface area (Å²) in [6, 6.07) is 8.83. The molecule has 0 radical (unpaired) electrons. The van der Waals surface area contributed by atoms with Gasteiger partial charge < -0.3 is 5.32 Å². The summed E-state index contributed by atoms with van der Waals surface area (Å²) in [4.78, 5) is 11.4. The minimum Gasteiger partial charge on any atom is -0.345 e. The van der Waals surface area contributed by atoms with Crippen LogP contribution in [-0.4, -0.2) is 19.8 Å². The van der Waals surface area contributed by atoms with E-state index in [9.17, 15) is 26.4 Å². The van der Waals surface area contributed by atoms with Gasteiger partial charge in [-0.3, -0.25) is 4.79 Å². The first-order chi connectivity index (χ1) is 12.1. The Morgan fingerprint density at radius 1 is 1.12 bits per heavy atom. The number of hydrogen-bond donors (Lipinski definition) is 1. The number of halogens is 4. The molecule has 26 heavy (non-hydrogen) atoms. The second-order valence-electron chi connectivity index (χ2n) is 5.88. The molecule has 138 valence electrons. The topological polar surface area (TPSA) is 63.2 Å². The zero-order valence-electron chi connectivity index (χ0n) is 13.2. The lowest BCUT2D eigenvalue weighted by atomic mass is 10.1. The van der Waals surface area contributed by atoms with Crippen molar-refractivity contribution in [2.24, 2.45) is 0 Å². The van der Waals surface area contributed by atoms with Gasteiger partial charge in [0.1, 0.15) is 0 Å². The highest BCUT2D eigenvalue weighted by atomic mass is 35.5. The molecule has 0 unspecified atom stereocenters. The molecule has 2 aromatic carbocycles. The van der Waals surface area contributed by atoms with Crippen molar-refractivity contribution in [3.63, 3.8) is 0 Å². The molecule has 9 heteroatoms. The maximum Gasteiger partial charge on any atom is 0.501 e. The van der Waals surface area contributed by atoms with E-state index in [4.69, 9.17) is 11.6 Å². The molecule has 0 aliphatic heterocycles. The van der Waals surface area contributed by atoms with Gasteiger partial charge in [0.2, 0.25) is 0 Å². The number of carbonyl (C=O) groups is 1. The fraction of sp³-hybridized carbons (Fsp3) is 0.235. The van der Waals surface area contributed by atoms with E-state index in [0.717, 1.165) is 41.8 Å². The standard InChI is InChI=1S/C17H13ClF3NO3S/c18-12-4-7-14-11(9-12)3-8-15(14)22-16(23)10-1-5-13(6-2-10)26(24,25)17(19,20)21/h1-2,4-7,9,15H,3,8H2,(H,22,23)/t15-/m1/s1. The van der Waals surface area contributed by atoms with Gasteiger partial charge >= 0.3 is 5.51 Å². The fourth-order valence-electron chi connectivity index (χ4n) is 2.90. The van der Waals surface area contributed by atoms with E-state index in [1.54, 1.807) is 6.07 Å². The number of amides is 1. The summed E-state index contributed by atoms with van der Waals surface area (Å²) in [5, 5.41) is 3.41.